The van der Waals surface area contributed by atoms with Crippen LogP contribution in [0.1, 0.15) is 26.3 Å². The summed E-state index contributed by atoms with van der Waals surface area (Å²) < 4.78 is 41.2. The van der Waals surface area contributed by atoms with Gasteiger partial charge in [0, 0.05) is 18.7 Å². The minimum atomic E-state index is -3.80. The maximum absolute atomic E-state index is 13.6. The Morgan fingerprint density at radius 3 is 2.06 bits per heavy atom. The lowest BCUT2D eigenvalue weighted by molar-refractivity contribution is 0.0925. The van der Waals surface area contributed by atoms with E-state index in [0.717, 1.165) is 5.56 Å². The zero-order chi connectivity index (χ0) is 23.1. The molecule has 2 amide bonds. The fourth-order valence-corrected chi connectivity index (χ4v) is 4.00. The number of hydrogen-bond donors (Lipinski definition) is 3. The Hall–Kier alpha value is -3.72. The van der Waals surface area contributed by atoms with Crippen LogP contribution in [-0.4, -0.2) is 33.3 Å². The van der Waals surface area contributed by atoms with E-state index in [1.165, 1.54) is 42.5 Å². The van der Waals surface area contributed by atoms with Crippen molar-refractivity contribution >= 4 is 27.5 Å². The molecule has 0 saturated heterocycles. The third-order valence-electron chi connectivity index (χ3n) is 4.63. The van der Waals surface area contributed by atoms with Crippen LogP contribution >= 0.6 is 0 Å². The lowest BCUT2D eigenvalue weighted by Crippen LogP contribution is -2.35. The second-order valence-electron chi connectivity index (χ2n) is 6.94. The van der Waals surface area contributed by atoms with Crippen LogP contribution in [0.3, 0.4) is 0 Å². The van der Waals surface area contributed by atoms with E-state index in [4.69, 9.17) is 0 Å². The standard InChI is InChI=1S/C23H22FN3O4S/c1-16-6-2-5-9-21(16)27-32(30,31)18-12-10-17(11-13-18)22(28)25-14-15-26-23(29)19-7-3-4-8-20(19)24/h2-13,27H,14-15H2,1H3,(H,25,28)(H,26,29). The Kier molecular flexibility index (Phi) is 7.21. The fraction of sp³-hybridized carbons (Fsp3) is 0.130. The number of anilines is 1. The molecule has 0 bridgehead atoms. The lowest BCUT2D eigenvalue weighted by Gasteiger charge is -2.11. The third kappa shape index (κ3) is 5.70. The molecule has 0 unspecified atom stereocenters. The first-order chi connectivity index (χ1) is 15.3. The van der Waals surface area contributed by atoms with E-state index in [1.54, 1.807) is 31.2 Å². The largest absolute Gasteiger partial charge is 0.350 e. The van der Waals surface area contributed by atoms with Gasteiger partial charge in [0.2, 0.25) is 0 Å². The summed E-state index contributed by atoms with van der Waals surface area (Å²) in [7, 11) is -3.80. The SMILES string of the molecule is Cc1ccccc1NS(=O)(=O)c1ccc(C(=O)NCCNC(=O)c2ccccc2F)cc1. The molecule has 7 nitrogen and oxygen atoms in total. The number of halogens is 1. The number of sulfonamides is 1. The van der Waals surface area contributed by atoms with Crippen molar-refractivity contribution in [1.29, 1.82) is 0 Å². The Morgan fingerprint density at radius 2 is 1.41 bits per heavy atom. The summed E-state index contributed by atoms with van der Waals surface area (Å²) in [6.07, 6.45) is 0. The molecule has 0 aliphatic rings. The van der Waals surface area contributed by atoms with Crippen molar-refractivity contribution in [2.75, 3.05) is 17.8 Å². The van der Waals surface area contributed by atoms with Gasteiger partial charge in [0.05, 0.1) is 16.1 Å². The summed E-state index contributed by atoms with van der Waals surface area (Å²) in [5.74, 6) is -1.63. The van der Waals surface area contributed by atoms with Gasteiger partial charge in [-0.1, -0.05) is 30.3 Å². The minimum Gasteiger partial charge on any atom is -0.350 e. The van der Waals surface area contributed by atoms with Crippen LogP contribution in [-0.2, 0) is 10.0 Å². The number of rotatable bonds is 8. The molecule has 0 atom stereocenters. The number of carbonyl (C=O) groups is 2. The summed E-state index contributed by atoms with van der Waals surface area (Å²) in [5.41, 5.74) is 1.45. The summed E-state index contributed by atoms with van der Waals surface area (Å²) in [4.78, 5) is 24.2. The van der Waals surface area contributed by atoms with Gasteiger partial charge in [-0.25, -0.2) is 12.8 Å². The maximum atomic E-state index is 13.6. The number of nitrogens with one attached hydrogen (secondary N) is 3. The molecule has 3 aromatic carbocycles. The summed E-state index contributed by atoms with van der Waals surface area (Å²) in [5, 5.41) is 5.14. The highest BCUT2D eigenvalue weighted by Crippen LogP contribution is 2.19. The normalized spacial score (nSPS) is 10.9. The van der Waals surface area contributed by atoms with E-state index in [0.29, 0.717) is 5.69 Å². The monoisotopic (exact) mass is 455 g/mol. The van der Waals surface area contributed by atoms with Crippen LogP contribution in [0.5, 0.6) is 0 Å². The summed E-state index contributed by atoms with van der Waals surface area (Å²) in [6, 6.07) is 18.1. The van der Waals surface area contributed by atoms with Gasteiger partial charge in [-0.05, 0) is 55.0 Å². The van der Waals surface area contributed by atoms with Crippen LogP contribution in [0.4, 0.5) is 10.1 Å². The molecular weight excluding hydrogens is 433 g/mol. The molecular formula is C23H22FN3O4S. The first kappa shape index (κ1) is 23.0. The number of amides is 2. The molecule has 166 valence electrons. The van der Waals surface area contributed by atoms with Gasteiger partial charge in [0.1, 0.15) is 5.82 Å². The molecule has 0 spiro atoms. The number of benzene rings is 3. The zero-order valence-electron chi connectivity index (χ0n) is 17.3. The van der Waals surface area contributed by atoms with Crippen LogP contribution < -0.4 is 15.4 Å². The average molecular weight is 456 g/mol. The van der Waals surface area contributed by atoms with E-state index in [1.807, 2.05) is 6.07 Å². The molecule has 3 rings (SSSR count). The van der Waals surface area contributed by atoms with Crippen LogP contribution in [0.2, 0.25) is 0 Å². The molecule has 3 N–H and O–H groups in total. The number of aryl methyl sites for hydroxylation is 1. The van der Waals surface area contributed by atoms with E-state index < -0.39 is 27.7 Å². The minimum absolute atomic E-state index is 0.0226. The molecule has 0 saturated carbocycles. The van der Waals surface area contributed by atoms with Gasteiger partial charge in [0.15, 0.2) is 0 Å². The van der Waals surface area contributed by atoms with Crippen molar-refractivity contribution in [1.82, 2.24) is 10.6 Å². The van der Waals surface area contributed by atoms with E-state index in [2.05, 4.69) is 15.4 Å². The Bertz CT molecular complexity index is 1230. The number of para-hydroxylation sites is 1. The molecule has 0 heterocycles. The summed E-state index contributed by atoms with van der Waals surface area (Å²) in [6.45, 7) is 2.02. The van der Waals surface area contributed by atoms with Gasteiger partial charge in [-0.2, -0.15) is 0 Å². The Balaban J connectivity index is 1.53. The van der Waals surface area contributed by atoms with E-state index in [-0.39, 0.29) is 29.1 Å². The second-order valence-corrected chi connectivity index (χ2v) is 8.62. The van der Waals surface area contributed by atoms with E-state index in [9.17, 15) is 22.4 Å². The highest BCUT2D eigenvalue weighted by atomic mass is 32.2. The van der Waals surface area contributed by atoms with Crippen molar-refractivity contribution in [2.24, 2.45) is 0 Å². The Labute approximate surface area is 185 Å². The lowest BCUT2D eigenvalue weighted by atomic mass is 10.2. The summed E-state index contributed by atoms with van der Waals surface area (Å²) >= 11 is 0. The maximum Gasteiger partial charge on any atom is 0.261 e. The van der Waals surface area contributed by atoms with Crippen molar-refractivity contribution in [3.05, 3.63) is 95.3 Å². The van der Waals surface area contributed by atoms with E-state index >= 15 is 0 Å². The molecule has 32 heavy (non-hydrogen) atoms. The first-order valence-electron chi connectivity index (χ1n) is 9.77. The van der Waals surface area contributed by atoms with Crippen LogP contribution in [0.15, 0.2) is 77.7 Å². The first-order valence-corrected chi connectivity index (χ1v) is 11.3. The molecule has 0 aliphatic carbocycles. The predicted octanol–water partition coefficient (Wildman–Crippen LogP) is 3.09. The fourth-order valence-electron chi connectivity index (χ4n) is 2.87. The number of hydrogen-bond acceptors (Lipinski definition) is 4. The number of carbonyl (C=O) groups excluding carboxylic acids is 2. The van der Waals surface area contributed by atoms with Gasteiger partial charge in [-0.3, -0.25) is 14.3 Å². The topological polar surface area (TPSA) is 104 Å². The highest BCUT2D eigenvalue weighted by Gasteiger charge is 2.16. The highest BCUT2D eigenvalue weighted by molar-refractivity contribution is 7.92. The Morgan fingerprint density at radius 1 is 0.812 bits per heavy atom. The molecule has 0 aromatic heterocycles. The quantitative estimate of drug-likeness (QED) is 0.454. The predicted molar refractivity (Wildman–Crippen MR) is 119 cm³/mol. The van der Waals surface area contributed by atoms with Crippen molar-refractivity contribution < 1.29 is 22.4 Å². The molecule has 0 aliphatic heterocycles. The van der Waals surface area contributed by atoms with Crippen molar-refractivity contribution in [3.8, 4) is 0 Å². The van der Waals surface area contributed by atoms with Crippen LogP contribution in [0, 0.1) is 12.7 Å². The van der Waals surface area contributed by atoms with Gasteiger partial charge in [0.25, 0.3) is 21.8 Å². The second kappa shape index (κ2) is 10.1. The van der Waals surface area contributed by atoms with Gasteiger partial charge >= 0.3 is 0 Å². The molecule has 0 radical (unpaired) electrons. The van der Waals surface area contributed by atoms with Gasteiger partial charge in [-0.15, -0.1) is 0 Å². The smallest absolute Gasteiger partial charge is 0.261 e. The zero-order valence-corrected chi connectivity index (χ0v) is 18.1. The van der Waals surface area contributed by atoms with Crippen molar-refractivity contribution in [3.63, 3.8) is 0 Å². The van der Waals surface area contributed by atoms with Crippen molar-refractivity contribution in [2.45, 2.75) is 11.8 Å². The molecule has 9 heteroatoms. The van der Waals surface area contributed by atoms with Gasteiger partial charge < -0.3 is 10.6 Å². The molecule has 3 aromatic rings. The molecule has 0 fully saturated rings. The van der Waals surface area contributed by atoms with Crippen LogP contribution in [0.25, 0.3) is 0 Å². The third-order valence-corrected chi connectivity index (χ3v) is 6.01. The average Bonchev–Trinajstić information content (AvgIpc) is 2.78.